The van der Waals surface area contributed by atoms with Crippen LogP contribution in [0.25, 0.3) is 0 Å². The van der Waals surface area contributed by atoms with Crippen molar-refractivity contribution < 1.29 is 19.1 Å². The molecule has 27 heavy (non-hydrogen) atoms. The summed E-state index contributed by atoms with van der Waals surface area (Å²) in [6.07, 6.45) is 14.7. The van der Waals surface area contributed by atoms with E-state index in [1.807, 2.05) is 13.8 Å². The summed E-state index contributed by atoms with van der Waals surface area (Å²) in [6, 6.07) is 0. The summed E-state index contributed by atoms with van der Waals surface area (Å²) in [5.41, 5.74) is -1.13. The van der Waals surface area contributed by atoms with E-state index in [0.717, 1.165) is 38.5 Å². The van der Waals surface area contributed by atoms with Gasteiger partial charge in [0.05, 0.1) is 13.2 Å². The number of hydrogen-bond donors (Lipinski definition) is 0. The molecule has 0 atom stereocenters. The lowest BCUT2D eigenvalue weighted by molar-refractivity contribution is -0.173. The molecule has 0 aromatic rings. The minimum absolute atomic E-state index is 0.395. The van der Waals surface area contributed by atoms with Gasteiger partial charge in [-0.2, -0.15) is 0 Å². The van der Waals surface area contributed by atoms with Gasteiger partial charge in [0.1, 0.15) is 0 Å². The number of rotatable bonds is 18. The summed E-state index contributed by atoms with van der Waals surface area (Å²) < 4.78 is 10.9. The molecule has 0 aliphatic carbocycles. The summed E-state index contributed by atoms with van der Waals surface area (Å²) in [5.74, 6) is -0.820. The van der Waals surface area contributed by atoms with Crippen molar-refractivity contribution in [3.63, 3.8) is 0 Å². The van der Waals surface area contributed by atoms with Crippen LogP contribution in [-0.2, 0) is 19.1 Å². The van der Waals surface area contributed by atoms with Crippen molar-refractivity contribution in [2.45, 2.75) is 118 Å². The van der Waals surface area contributed by atoms with E-state index in [9.17, 15) is 9.59 Å². The minimum Gasteiger partial charge on any atom is -0.465 e. The van der Waals surface area contributed by atoms with Crippen LogP contribution in [0.3, 0.4) is 0 Å². The second kappa shape index (κ2) is 17.1. The fourth-order valence-corrected chi connectivity index (χ4v) is 3.28. The van der Waals surface area contributed by atoms with Crippen LogP contribution in [-0.4, -0.2) is 25.2 Å². The van der Waals surface area contributed by atoms with Gasteiger partial charge < -0.3 is 9.47 Å². The molecule has 0 amide bonds. The van der Waals surface area contributed by atoms with Crippen LogP contribution in [0.2, 0.25) is 0 Å². The fraction of sp³-hybridized carbons (Fsp3) is 0.913. The molecule has 0 saturated heterocycles. The van der Waals surface area contributed by atoms with E-state index in [2.05, 4.69) is 13.8 Å². The maximum Gasteiger partial charge on any atom is 0.323 e. The number of ether oxygens (including phenoxy) is 2. The van der Waals surface area contributed by atoms with Crippen LogP contribution in [0, 0.1) is 5.41 Å². The van der Waals surface area contributed by atoms with Gasteiger partial charge in [-0.3, -0.25) is 9.59 Å². The molecular formula is C23H44O4. The van der Waals surface area contributed by atoms with E-state index in [1.165, 1.54) is 38.5 Å². The van der Waals surface area contributed by atoms with Gasteiger partial charge in [0.25, 0.3) is 0 Å². The Labute approximate surface area is 167 Å². The second-order valence-electron chi connectivity index (χ2n) is 7.60. The van der Waals surface area contributed by atoms with E-state index in [4.69, 9.17) is 9.47 Å². The molecular weight excluding hydrogens is 340 g/mol. The SMILES string of the molecule is CCCCCCCCCCOC(=O)C(CC)(CC)C(=O)OCCCCCC. The number of unbranched alkanes of at least 4 members (excludes halogenated alkanes) is 10. The van der Waals surface area contributed by atoms with Crippen LogP contribution in [0.15, 0.2) is 0 Å². The van der Waals surface area contributed by atoms with Gasteiger partial charge in [-0.05, 0) is 25.7 Å². The first-order valence-corrected chi connectivity index (χ1v) is 11.4. The van der Waals surface area contributed by atoms with Crippen molar-refractivity contribution in [2.24, 2.45) is 5.41 Å². The van der Waals surface area contributed by atoms with E-state index in [0.29, 0.717) is 26.1 Å². The van der Waals surface area contributed by atoms with Crippen molar-refractivity contribution in [3.8, 4) is 0 Å². The lowest BCUT2D eigenvalue weighted by Gasteiger charge is -2.27. The smallest absolute Gasteiger partial charge is 0.323 e. The average Bonchev–Trinajstić information content (AvgIpc) is 2.68. The molecule has 0 N–H and O–H groups in total. The molecule has 0 rings (SSSR count). The Balaban J connectivity index is 4.15. The molecule has 0 bridgehead atoms. The highest BCUT2D eigenvalue weighted by molar-refractivity contribution is 5.99. The lowest BCUT2D eigenvalue weighted by atomic mass is 9.82. The van der Waals surface area contributed by atoms with Crippen molar-refractivity contribution in [3.05, 3.63) is 0 Å². The Kier molecular flexibility index (Phi) is 16.4. The maximum atomic E-state index is 12.6. The molecule has 0 heterocycles. The zero-order valence-electron chi connectivity index (χ0n) is 18.4. The molecule has 0 aliphatic rings. The largest absolute Gasteiger partial charge is 0.465 e. The zero-order valence-corrected chi connectivity index (χ0v) is 18.4. The predicted octanol–water partition coefficient (Wildman–Crippen LogP) is 6.60. The molecule has 0 aromatic heterocycles. The quantitative estimate of drug-likeness (QED) is 0.152. The Hall–Kier alpha value is -1.06. The number of carbonyl (C=O) groups excluding carboxylic acids is 2. The first-order chi connectivity index (χ1) is 13.1. The standard InChI is InChI=1S/C23H44O4/c1-5-9-11-13-14-15-16-18-20-27-22(25)23(7-3,8-4)21(24)26-19-17-12-10-6-2/h5-20H2,1-4H3. The van der Waals surface area contributed by atoms with Crippen molar-refractivity contribution in [1.29, 1.82) is 0 Å². The Morgan fingerprint density at radius 1 is 0.556 bits per heavy atom. The first-order valence-electron chi connectivity index (χ1n) is 11.4. The van der Waals surface area contributed by atoms with Gasteiger partial charge in [-0.1, -0.05) is 91.9 Å². The van der Waals surface area contributed by atoms with Crippen molar-refractivity contribution in [1.82, 2.24) is 0 Å². The third-order valence-corrected chi connectivity index (χ3v) is 5.45. The highest BCUT2D eigenvalue weighted by atomic mass is 16.6. The molecule has 0 unspecified atom stereocenters. The molecule has 4 heteroatoms. The molecule has 0 fully saturated rings. The van der Waals surface area contributed by atoms with E-state index in [-0.39, 0.29) is 0 Å². The molecule has 0 aliphatic heterocycles. The second-order valence-corrected chi connectivity index (χ2v) is 7.60. The third kappa shape index (κ3) is 10.8. The summed E-state index contributed by atoms with van der Waals surface area (Å²) in [5, 5.41) is 0. The Morgan fingerprint density at radius 3 is 1.26 bits per heavy atom. The average molecular weight is 385 g/mol. The van der Waals surface area contributed by atoms with Crippen molar-refractivity contribution >= 4 is 11.9 Å². The van der Waals surface area contributed by atoms with Gasteiger partial charge in [0, 0.05) is 0 Å². The Morgan fingerprint density at radius 2 is 0.889 bits per heavy atom. The van der Waals surface area contributed by atoms with Crippen LogP contribution in [0.5, 0.6) is 0 Å². The molecule has 160 valence electrons. The minimum atomic E-state index is -1.13. The number of carbonyl (C=O) groups is 2. The maximum absolute atomic E-state index is 12.6. The lowest BCUT2D eigenvalue weighted by Crippen LogP contribution is -2.41. The van der Waals surface area contributed by atoms with Crippen LogP contribution >= 0.6 is 0 Å². The van der Waals surface area contributed by atoms with E-state index in [1.54, 1.807) is 0 Å². The normalized spacial score (nSPS) is 11.4. The molecule has 0 spiro atoms. The van der Waals surface area contributed by atoms with E-state index >= 15 is 0 Å². The zero-order chi connectivity index (χ0) is 20.4. The topological polar surface area (TPSA) is 52.6 Å². The fourth-order valence-electron chi connectivity index (χ4n) is 3.28. The monoisotopic (exact) mass is 384 g/mol. The van der Waals surface area contributed by atoms with Gasteiger partial charge in [-0.15, -0.1) is 0 Å². The first kappa shape index (κ1) is 25.9. The predicted molar refractivity (Wildman–Crippen MR) is 112 cm³/mol. The van der Waals surface area contributed by atoms with Crippen LogP contribution in [0.1, 0.15) is 118 Å². The molecule has 0 radical (unpaired) electrons. The van der Waals surface area contributed by atoms with E-state index < -0.39 is 17.4 Å². The van der Waals surface area contributed by atoms with Gasteiger partial charge in [-0.25, -0.2) is 0 Å². The number of esters is 2. The van der Waals surface area contributed by atoms with Gasteiger partial charge in [0.15, 0.2) is 5.41 Å². The van der Waals surface area contributed by atoms with Gasteiger partial charge >= 0.3 is 11.9 Å². The van der Waals surface area contributed by atoms with Crippen LogP contribution < -0.4 is 0 Å². The summed E-state index contributed by atoms with van der Waals surface area (Å²) >= 11 is 0. The van der Waals surface area contributed by atoms with Crippen LogP contribution in [0.4, 0.5) is 0 Å². The number of hydrogen-bond acceptors (Lipinski definition) is 4. The Bertz CT molecular complexity index is 375. The summed E-state index contributed by atoms with van der Waals surface area (Å²) in [7, 11) is 0. The molecule has 0 saturated carbocycles. The van der Waals surface area contributed by atoms with Gasteiger partial charge in [0.2, 0.25) is 0 Å². The summed E-state index contributed by atoms with van der Waals surface area (Å²) in [6.45, 7) is 8.89. The molecule has 4 nitrogen and oxygen atoms in total. The molecule has 0 aromatic carbocycles. The van der Waals surface area contributed by atoms with Crippen molar-refractivity contribution in [2.75, 3.05) is 13.2 Å². The highest BCUT2D eigenvalue weighted by Gasteiger charge is 2.45. The highest BCUT2D eigenvalue weighted by Crippen LogP contribution is 2.30. The third-order valence-electron chi connectivity index (χ3n) is 5.45. The summed E-state index contributed by atoms with van der Waals surface area (Å²) in [4.78, 5) is 25.1.